The van der Waals surface area contributed by atoms with Crippen LogP contribution in [0.3, 0.4) is 0 Å². The second-order valence-corrected chi connectivity index (χ2v) is 4.49. The molecule has 2 N–H and O–H groups in total. The molecule has 2 unspecified atom stereocenters. The summed E-state index contributed by atoms with van der Waals surface area (Å²) in [6.45, 7) is 5.23. The zero-order valence-electron chi connectivity index (χ0n) is 9.63. The molecule has 0 spiro atoms. The van der Waals surface area contributed by atoms with Gasteiger partial charge < -0.3 is 10.3 Å². The molecule has 0 aromatic carbocycles. The molecule has 16 heavy (non-hydrogen) atoms. The van der Waals surface area contributed by atoms with Crippen molar-refractivity contribution in [2.45, 2.75) is 32.4 Å². The van der Waals surface area contributed by atoms with Crippen LogP contribution in [0.25, 0.3) is 0 Å². The standard InChI is InChI=1S/C11H19N3O.ClH/c1-9(12)10-3-2-5-14(7-10)8-11-4-6-15-13-11;/h4,6,9-10H,2-3,5,7-8,12H2,1H3;1H. The van der Waals surface area contributed by atoms with Crippen LogP contribution in [-0.2, 0) is 6.54 Å². The van der Waals surface area contributed by atoms with Crippen LogP contribution in [0, 0.1) is 5.92 Å². The topological polar surface area (TPSA) is 55.3 Å². The van der Waals surface area contributed by atoms with Gasteiger partial charge in [-0.1, -0.05) is 5.16 Å². The van der Waals surface area contributed by atoms with Gasteiger partial charge in [0.2, 0.25) is 0 Å². The molecule has 1 aromatic rings. The Morgan fingerprint density at radius 2 is 2.50 bits per heavy atom. The van der Waals surface area contributed by atoms with E-state index in [0.29, 0.717) is 12.0 Å². The minimum absolute atomic E-state index is 0. The first-order valence-corrected chi connectivity index (χ1v) is 5.63. The zero-order valence-corrected chi connectivity index (χ0v) is 10.4. The van der Waals surface area contributed by atoms with Gasteiger partial charge in [0.1, 0.15) is 6.26 Å². The molecule has 1 saturated heterocycles. The van der Waals surface area contributed by atoms with Gasteiger partial charge in [-0.05, 0) is 32.2 Å². The Morgan fingerprint density at radius 1 is 1.69 bits per heavy atom. The highest BCUT2D eigenvalue weighted by Crippen LogP contribution is 2.19. The molecule has 2 atom stereocenters. The number of aromatic nitrogens is 1. The molecule has 2 heterocycles. The van der Waals surface area contributed by atoms with Crippen LogP contribution in [0.1, 0.15) is 25.5 Å². The maximum atomic E-state index is 5.94. The lowest BCUT2D eigenvalue weighted by atomic mass is 9.92. The third-order valence-corrected chi connectivity index (χ3v) is 3.16. The number of piperidine rings is 1. The Kier molecular flexibility index (Phi) is 5.25. The van der Waals surface area contributed by atoms with E-state index in [0.717, 1.165) is 25.3 Å². The highest BCUT2D eigenvalue weighted by molar-refractivity contribution is 5.85. The molecule has 5 heteroatoms. The van der Waals surface area contributed by atoms with Crippen LogP contribution >= 0.6 is 12.4 Å². The van der Waals surface area contributed by atoms with E-state index in [-0.39, 0.29) is 12.4 Å². The predicted octanol–water partition coefficient (Wildman–Crippen LogP) is 1.66. The van der Waals surface area contributed by atoms with Gasteiger partial charge in [-0.15, -0.1) is 12.4 Å². The van der Waals surface area contributed by atoms with Crippen LogP contribution in [-0.4, -0.2) is 29.2 Å². The van der Waals surface area contributed by atoms with E-state index in [9.17, 15) is 0 Å². The van der Waals surface area contributed by atoms with Crippen molar-refractivity contribution < 1.29 is 4.52 Å². The number of hydrogen-bond acceptors (Lipinski definition) is 4. The van der Waals surface area contributed by atoms with Crippen LogP contribution in [0.5, 0.6) is 0 Å². The third kappa shape index (κ3) is 3.47. The number of halogens is 1. The van der Waals surface area contributed by atoms with Gasteiger partial charge in [-0.25, -0.2) is 0 Å². The molecule has 1 aromatic heterocycles. The highest BCUT2D eigenvalue weighted by atomic mass is 35.5. The molecule has 2 rings (SSSR count). The van der Waals surface area contributed by atoms with Gasteiger partial charge in [-0.2, -0.15) is 0 Å². The lowest BCUT2D eigenvalue weighted by Crippen LogP contribution is -2.41. The Bertz CT molecular complexity index is 289. The lowest BCUT2D eigenvalue weighted by Gasteiger charge is -2.34. The number of likely N-dealkylation sites (tertiary alicyclic amines) is 1. The highest BCUT2D eigenvalue weighted by Gasteiger charge is 2.22. The molecule has 0 radical (unpaired) electrons. The first-order chi connectivity index (χ1) is 7.25. The molecule has 4 nitrogen and oxygen atoms in total. The van der Waals surface area contributed by atoms with Crippen molar-refractivity contribution in [1.82, 2.24) is 10.1 Å². The summed E-state index contributed by atoms with van der Waals surface area (Å²) in [4.78, 5) is 2.41. The van der Waals surface area contributed by atoms with Crippen molar-refractivity contribution >= 4 is 12.4 Å². The Hall–Kier alpha value is -0.580. The number of nitrogens with zero attached hydrogens (tertiary/aromatic N) is 2. The predicted molar refractivity (Wildman–Crippen MR) is 65.4 cm³/mol. The van der Waals surface area contributed by atoms with Gasteiger partial charge in [0.25, 0.3) is 0 Å². The zero-order chi connectivity index (χ0) is 10.7. The summed E-state index contributed by atoms with van der Waals surface area (Å²) in [6, 6.07) is 2.22. The average molecular weight is 246 g/mol. The van der Waals surface area contributed by atoms with Crippen molar-refractivity contribution in [3.63, 3.8) is 0 Å². The monoisotopic (exact) mass is 245 g/mol. The molecule has 1 fully saturated rings. The molecular formula is C11H20ClN3O. The summed E-state index contributed by atoms with van der Waals surface area (Å²) in [5.74, 6) is 0.630. The second-order valence-electron chi connectivity index (χ2n) is 4.49. The molecule has 1 aliphatic heterocycles. The van der Waals surface area contributed by atoms with Gasteiger partial charge in [0, 0.05) is 25.2 Å². The smallest absolute Gasteiger partial charge is 0.124 e. The van der Waals surface area contributed by atoms with Crippen LogP contribution < -0.4 is 5.73 Å². The average Bonchev–Trinajstić information content (AvgIpc) is 2.71. The number of nitrogens with two attached hydrogens (primary N) is 1. The van der Waals surface area contributed by atoms with E-state index in [2.05, 4.69) is 17.0 Å². The van der Waals surface area contributed by atoms with Crippen molar-refractivity contribution in [3.05, 3.63) is 18.0 Å². The number of hydrogen-bond donors (Lipinski definition) is 1. The summed E-state index contributed by atoms with van der Waals surface area (Å²) in [7, 11) is 0. The third-order valence-electron chi connectivity index (χ3n) is 3.16. The minimum Gasteiger partial charge on any atom is -0.364 e. The van der Waals surface area contributed by atoms with Crippen LogP contribution in [0.2, 0.25) is 0 Å². The second kappa shape index (κ2) is 6.23. The normalized spacial score (nSPS) is 23.8. The summed E-state index contributed by atoms with van der Waals surface area (Å²) < 4.78 is 4.83. The molecule has 0 bridgehead atoms. The molecule has 0 saturated carbocycles. The van der Waals surface area contributed by atoms with Crippen LogP contribution in [0.15, 0.2) is 16.9 Å². The largest absolute Gasteiger partial charge is 0.364 e. The van der Waals surface area contributed by atoms with Crippen molar-refractivity contribution in [2.75, 3.05) is 13.1 Å². The summed E-state index contributed by atoms with van der Waals surface area (Å²) in [5, 5.41) is 3.93. The fraction of sp³-hybridized carbons (Fsp3) is 0.727. The van der Waals surface area contributed by atoms with E-state index in [4.69, 9.17) is 10.3 Å². The lowest BCUT2D eigenvalue weighted by molar-refractivity contribution is 0.151. The first-order valence-electron chi connectivity index (χ1n) is 5.63. The van der Waals surface area contributed by atoms with Crippen molar-refractivity contribution in [2.24, 2.45) is 11.7 Å². The molecule has 0 amide bonds. The maximum Gasteiger partial charge on any atom is 0.124 e. The van der Waals surface area contributed by atoms with E-state index in [1.54, 1.807) is 6.26 Å². The Labute approximate surface area is 103 Å². The minimum atomic E-state index is 0. The van der Waals surface area contributed by atoms with E-state index in [1.807, 2.05) is 6.07 Å². The van der Waals surface area contributed by atoms with Gasteiger partial charge in [-0.3, -0.25) is 4.90 Å². The van der Waals surface area contributed by atoms with Gasteiger partial charge >= 0.3 is 0 Å². The van der Waals surface area contributed by atoms with Crippen LogP contribution in [0.4, 0.5) is 0 Å². The fourth-order valence-electron chi connectivity index (χ4n) is 2.21. The quantitative estimate of drug-likeness (QED) is 0.880. The van der Waals surface area contributed by atoms with Crippen molar-refractivity contribution in [3.8, 4) is 0 Å². The first kappa shape index (κ1) is 13.5. The molecular weight excluding hydrogens is 226 g/mol. The van der Waals surface area contributed by atoms with E-state index >= 15 is 0 Å². The molecule has 0 aliphatic carbocycles. The molecule has 1 aliphatic rings. The van der Waals surface area contributed by atoms with Gasteiger partial charge in [0.15, 0.2) is 0 Å². The number of rotatable bonds is 3. The SMILES string of the molecule is CC(N)C1CCCN(Cc2ccon2)C1.Cl. The molecule has 92 valence electrons. The van der Waals surface area contributed by atoms with E-state index < -0.39 is 0 Å². The Balaban J connectivity index is 0.00000128. The fourth-order valence-corrected chi connectivity index (χ4v) is 2.21. The maximum absolute atomic E-state index is 5.94. The summed E-state index contributed by atoms with van der Waals surface area (Å²) >= 11 is 0. The van der Waals surface area contributed by atoms with Gasteiger partial charge in [0.05, 0.1) is 5.69 Å². The summed E-state index contributed by atoms with van der Waals surface area (Å²) in [5.41, 5.74) is 6.96. The Morgan fingerprint density at radius 3 is 3.12 bits per heavy atom. The van der Waals surface area contributed by atoms with E-state index in [1.165, 1.54) is 12.8 Å². The van der Waals surface area contributed by atoms with Crippen molar-refractivity contribution in [1.29, 1.82) is 0 Å². The summed E-state index contributed by atoms with van der Waals surface area (Å²) in [6.07, 6.45) is 4.12.